The van der Waals surface area contributed by atoms with Crippen molar-refractivity contribution in [2.24, 2.45) is 0 Å². The molecule has 2 nitrogen and oxygen atoms in total. The lowest BCUT2D eigenvalue weighted by atomic mass is 10.1. The number of halogens is 2. The Morgan fingerprint density at radius 1 is 1.53 bits per heavy atom. The Kier molecular flexibility index (Phi) is 4.09. The molecule has 4 heteroatoms. The first-order valence-electron chi connectivity index (χ1n) is 4.64. The highest BCUT2D eigenvalue weighted by Gasteiger charge is 2.10. The molecule has 1 aromatic carbocycles. The van der Waals surface area contributed by atoms with Crippen molar-refractivity contribution < 1.29 is 13.9 Å². The minimum absolute atomic E-state index is 0.0277. The van der Waals surface area contributed by atoms with Crippen LogP contribution in [0.15, 0.2) is 12.1 Å². The zero-order valence-corrected chi connectivity index (χ0v) is 9.40. The van der Waals surface area contributed by atoms with Gasteiger partial charge in [0.25, 0.3) is 0 Å². The van der Waals surface area contributed by atoms with Gasteiger partial charge in [-0.15, -0.1) is 0 Å². The van der Waals surface area contributed by atoms with Crippen molar-refractivity contribution in [3.63, 3.8) is 0 Å². The van der Waals surface area contributed by atoms with Crippen LogP contribution in [0, 0.1) is 12.7 Å². The van der Waals surface area contributed by atoms with Crippen molar-refractivity contribution >= 4 is 17.6 Å². The van der Waals surface area contributed by atoms with Crippen molar-refractivity contribution in [1.82, 2.24) is 0 Å². The number of carbonyl (C=O) groups is 1. The highest BCUT2D eigenvalue weighted by Crippen LogP contribution is 2.20. The van der Waals surface area contributed by atoms with Gasteiger partial charge in [0.1, 0.15) is 5.82 Å². The van der Waals surface area contributed by atoms with Crippen molar-refractivity contribution in [3.8, 4) is 0 Å². The molecule has 0 fully saturated rings. The number of rotatable bonds is 3. The summed E-state index contributed by atoms with van der Waals surface area (Å²) < 4.78 is 17.8. The average Bonchev–Trinajstić information content (AvgIpc) is 2.14. The highest BCUT2D eigenvalue weighted by molar-refractivity contribution is 6.30. The maximum Gasteiger partial charge on any atom is 0.310 e. The molecule has 1 rings (SSSR count). The standard InChI is InChI=1S/C11H12ClFO2/c1-3-15-11(14)6-8-5-9(12)10(13)4-7(8)2/h4-5H,3,6H2,1-2H3. The van der Waals surface area contributed by atoms with Crippen LogP contribution in [0.4, 0.5) is 4.39 Å². The summed E-state index contributed by atoms with van der Waals surface area (Å²) >= 11 is 5.62. The lowest BCUT2D eigenvalue weighted by Gasteiger charge is -2.06. The lowest BCUT2D eigenvalue weighted by molar-refractivity contribution is -0.142. The van der Waals surface area contributed by atoms with Crippen molar-refractivity contribution in [2.75, 3.05) is 6.61 Å². The first-order valence-corrected chi connectivity index (χ1v) is 5.02. The Labute approximate surface area is 93.0 Å². The summed E-state index contributed by atoms with van der Waals surface area (Å²) in [5.41, 5.74) is 1.39. The van der Waals surface area contributed by atoms with Crippen LogP contribution in [0.1, 0.15) is 18.1 Å². The van der Waals surface area contributed by atoms with E-state index < -0.39 is 5.82 Å². The molecular weight excluding hydrogens is 219 g/mol. The third kappa shape index (κ3) is 3.20. The van der Waals surface area contributed by atoms with Gasteiger partial charge in [-0.1, -0.05) is 11.6 Å². The van der Waals surface area contributed by atoms with Crippen LogP contribution in [0.5, 0.6) is 0 Å². The van der Waals surface area contributed by atoms with Crippen LogP contribution >= 0.6 is 11.6 Å². The Hall–Kier alpha value is -1.09. The maximum atomic E-state index is 13.0. The molecule has 0 N–H and O–H groups in total. The summed E-state index contributed by atoms with van der Waals surface area (Å²) in [4.78, 5) is 11.2. The van der Waals surface area contributed by atoms with Gasteiger partial charge in [0.05, 0.1) is 18.1 Å². The lowest BCUT2D eigenvalue weighted by Crippen LogP contribution is -2.08. The fraction of sp³-hybridized carbons (Fsp3) is 0.364. The molecule has 82 valence electrons. The van der Waals surface area contributed by atoms with Gasteiger partial charge in [-0.3, -0.25) is 4.79 Å². The van der Waals surface area contributed by atoms with Crippen LogP contribution in [-0.2, 0) is 16.0 Å². The monoisotopic (exact) mass is 230 g/mol. The number of benzene rings is 1. The molecule has 1 aromatic rings. The number of aryl methyl sites for hydroxylation is 1. The average molecular weight is 231 g/mol. The summed E-state index contributed by atoms with van der Waals surface area (Å²) in [5, 5.41) is 0.0277. The van der Waals surface area contributed by atoms with Crippen LogP contribution in [0.2, 0.25) is 5.02 Å². The number of carbonyl (C=O) groups excluding carboxylic acids is 1. The smallest absolute Gasteiger partial charge is 0.310 e. The zero-order valence-electron chi connectivity index (χ0n) is 8.64. The largest absolute Gasteiger partial charge is 0.466 e. The minimum Gasteiger partial charge on any atom is -0.466 e. The molecule has 0 bridgehead atoms. The quantitative estimate of drug-likeness (QED) is 0.747. The molecule has 0 aliphatic carbocycles. The summed E-state index contributed by atoms with van der Waals surface area (Å²) in [6, 6.07) is 2.78. The van der Waals surface area contributed by atoms with Gasteiger partial charge in [-0.25, -0.2) is 4.39 Å². The predicted molar refractivity (Wildman–Crippen MR) is 56.5 cm³/mol. The number of hydrogen-bond acceptors (Lipinski definition) is 2. The second-order valence-electron chi connectivity index (χ2n) is 3.17. The molecule has 0 radical (unpaired) electrons. The van der Waals surface area contributed by atoms with Crippen molar-refractivity contribution in [2.45, 2.75) is 20.3 Å². The summed E-state index contributed by atoms with van der Waals surface area (Å²) in [6.07, 6.45) is 0.125. The van der Waals surface area contributed by atoms with E-state index in [0.29, 0.717) is 17.7 Å². The Balaban J connectivity index is 2.86. The molecule has 0 aliphatic rings. The van der Waals surface area contributed by atoms with Crippen molar-refractivity contribution in [3.05, 3.63) is 34.1 Å². The second-order valence-corrected chi connectivity index (χ2v) is 3.58. The number of hydrogen-bond donors (Lipinski definition) is 0. The Bertz CT molecular complexity index is 377. The SMILES string of the molecule is CCOC(=O)Cc1cc(Cl)c(F)cc1C. The van der Waals surface area contributed by atoms with E-state index in [0.717, 1.165) is 0 Å². The van der Waals surface area contributed by atoms with Crippen LogP contribution in [-0.4, -0.2) is 12.6 Å². The van der Waals surface area contributed by atoms with E-state index in [1.165, 1.54) is 12.1 Å². The predicted octanol–water partition coefficient (Wildman–Crippen LogP) is 2.89. The van der Waals surface area contributed by atoms with E-state index in [2.05, 4.69) is 0 Å². The van der Waals surface area contributed by atoms with Gasteiger partial charge in [0.2, 0.25) is 0 Å². The molecule has 0 saturated heterocycles. The molecule has 0 amide bonds. The molecule has 15 heavy (non-hydrogen) atoms. The van der Waals surface area contributed by atoms with Crippen LogP contribution in [0.25, 0.3) is 0 Å². The third-order valence-electron chi connectivity index (χ3n) is 2.02. The summed E-state index contributed by atoms with van der Waals surface area (Å²) in [6.45, 7) is 3.81. The summed E-state index contributed by atoms with van der Waals surface area (Å²) in [5.74, 6) is -0.801. The first-order chi connectivity index (χ1) is 7.04. The van der Waals surface area contributed by atoms with Gasteiger partial charge >= 0.3 is 5.97 Å². The third-order valence-corrected chi connectivity index (χ3v) is 2.31. The Morgan fingerprint density at radius 3 is 2.80 bits per heavy atom. The molecule has 0 heterocycles. The van der Waals surface area contributed by atoms with E-state index in [1.54, 1.807) is 13.8 Å². The van der Waals surface area contributed by atoms with E-state index >= 15 is 0 Å². The van der Waals surface area contributed by atoms with Gasteiger partial charge in [-0.05, 0) is 37.1 Å². The number of esters is 1. The van der Waals surface area contributed by atoms with Crippen molar-refractivity contribution in [1.29, 1.82) is 0 Å². The maximum absolute atomic E-state index is 13.0. The molecule has 0 aliphatic heterocycles. The fourth-order valence-electron chi connectivity index (χ4n) is 1.25. The van der Waals surface area contributed by atoms with E-state index in [4.69, 9.17) is 16.3 Å². The second kappa shape index (κ2) is 5.12. The summed E-state index contributed by atoms with van der Waals surface area (Å²) in [7, 11) is 0. The number of ether oxygens (including phenoxy) is 1. The highest BCUT2D eigenvalue weighted by atomic mass is 35.5. The normalized spacial score (nSPS) is 10.1. The van der Waals surface area contributed by atoms with Gasteiger partial charge in [0.15, 0.2) is 0 Å². The van der Waals surface area contributed by atoms with E-state index in [1.807, 2.05) is 0 Å². The van der Waals surface area contributed by atoms with Gasteiger partial charge < -0.3 is 4.74 Å². The van der Waals surface area contributed by atoms with E-state index in [-0.39, 0.29) is 17.4 Å². The molecule has 0 saturated carbocycles. The molecule has 0 spiro atoms. The molecule has 0 aromatic heterocycles. The first kappa shape index (κ1) is 12.0. The van der Waals surface area contributed by atoms with Crippen LogP contribution in [0.3, 0.4) is 0 Å². The molecule has 0 atom stereocenters. The zero-order chi connectivity index (χ0) is 11.4. The van der Waals surface area contributed by atoms with Gasteiger partial charge in [0, 0.05) is 0 Å². The van der Waals surface area contributed by atoms with Crippen LogP contribution < -0.4 is 0 Å². The minimum atomic E-state index is -0.471. The molecular formula is C11H12ClFO2. The van der Waals surface area contributed by atoms with E-state index in [9.17, 15) is 9.18 Å². The molecule has 0 unspecified atom stereocenters. The van der Waals surface area contributed by atoms with Gasteiger partial charge in [-0.2, -0.15) is 0 Å². The topological polar surface area (TPSA) is 26.3 Å². The fourth-order valence-corrected chi connectivity index (χ4v) is 1.43. The Morgan fingerprint density at radius 2 is 2.20 bits per heavy atom.